The van der Waals surface area contributed by atoms with Crippen molar-refractivity contribution in [1.29, 1.82) is 0 Å². The number of aliphatic hydroxyl groups excluding tert-OH is 1. The van der Waals surface area contributed by atoms with Crippen molar-refractivity contribution >= 4 is 14.1 Å². The lowest BCUT2D eigenvalue weighted by molar-refractivity contribution is -0.223. The van der Waals surface area contributed by atoms with E-state index in [4.69, 9.17) is 18.6 Å². The summed E-state index contributed by atoms with van der Waals surface area (Å²) in [5, 5.41) is 10.5. The molecule has 0 aromatic carbocycles. The van der Waals surface area contributed by atoms with Gasteiger partial charge >= 0.3 is 0 Å². The minimum Gasteiger partial charge on any atom is -0.404 e. The SMILES string of the molecule is CC(=O)[C@@H](O[Si](C)(C)C(C)(C)C)[C@@H]1O[C@@H]2OC(C)(C)O[C@@H]2[C@@H]1O. The summed E-state index contributed by atoms with van der Waals surface area (Å²) in [4.78, 5) is 12.2. The van der Waals surface area contributed by atoms with Gasteiger partial charge in [0.2, 0.25) is 0 Å². The van der Waals surface area contributed by atoms with Gasteiger partial charge in [-0.15, -0.1) is 0 Å². The van der Waals surface area contributed by atoms with Crippen molar-refractivity contribution in [3.8, 4) is 0 Å². The zero-order valence-corrected chi connectivity index (χ0v) is 16.4. The molecule has 2 fully saturated rings. The molecule has 0 aromatic heterocycles. The van der Waals surface area contributed by atoms with Crippen molar-refractivity contribution in [1.82, 2.24) is 0 Å². The number of ether oxygens (including phenoxy) is 3. The van der Waals surface area contributed by atoms with Gasteiger partial charge in [0.05, 0.1) is 0 Å². The van der Waals surface area contributed by atoms with Crippen LogP contribution in [0, 0.1) is 0 Å². The fraction of sp³-hybridized carbons (Fsp3) is 0.938. The van der Waals surface area contributed by atoms with Gasteiger partial charge in [-0.2, -0.15) is 0 Å². The summed E-state index contributed by atoms with van der Waals surface area (Å²) in [6.45, 7) is 15.5. The molecule has 2 saturated heterocycles. The molecule has 7 heteroatoms. The van der Waals surface area contributed by atoms with Gasteiger partial charge in [0.25, 0.3) is 0 Å². The Morgan fingerprint density at radius 2 is 1.83 bits per heavy atom. The lowest BCUT2D eigenvalue weighted by atomic mass is 10.0. The van der Waals surface area contributed by atoms with Crippen LogP contribution in [0.2, 0.25) is 18.1 Å². The molecular weight excluding hydrogens is 316 g/mol. The zero-order valence-electron chi connectivity index (χ0n) is 15.4. The van der Waals surface area contributed by atoms with Crippen LogP contribution in [0.1, 0.15) is 41.5 Å². The second-order valence-electron chi connectivity index (χ2n) is 8.47. The molecule has 0 amide bonds. The van der Waals surface area contributed by atoms with E-state index < -0.39 is 44.8 Å². The molecule has 0 aliphatic carbocycles. The number of hydrogen-bond donors (Lipinski definition) is 1. The molecule has 6 nitrogen and oxygen atoms in total. The van der Waals surface area contributed by atoms with E-state index in [1.807, 2.05) is 0 Å². The van der Waals surface area contributed by atoms with Crippen LogP contribution >= 0.6 is 0 Å². The minimum atomic E-state index is -2.19. The molecule has 2 aliphatic rings. The third-order valence-corrected chi connectivity index (χ3v) is 9.43. The van der Waals surface area contributed by atoms with Gasteiger partial charge in [0.1, 0.15) is 24.4 Å². The number of carbonyl (C=O) groups excluding carboxylic acids is 1. The predicted molar refractivity (Wildman–Crippen MR) is 87.5 cm³/mol. The highest BCUT2D eigenvalue weighted by Crippen LogP contribution is 2.42. The maximum Gasteiger partial charge on any atom is 0.193 e. The second kappa shape index (κ2) is 5.89. The summed E-state index contributed by atoms with van der Waals surface area (Å²) in [6.07, 6.45) is -3.81. The Bertz CT molecular complexity index is 470. The van der Waals surface area contributed by atoms with E-state index in [0.29, 0.717) is 0 Å². The van der Waals surface area contributed by atoms with Gasteiger partial charge in [-0.05, 0) is 38.9 Å². The van der Waals surface area contributed by atoms with E-state index in [0.717, 1.165) is 0 Å². The van der Waals surface area contributed by atoms with Crippen molar-refractivity contribution in [2.75, 3.05) is 0 Å². The van der Waals surface area contributed by atoms with Crippen LogP contribution in [0.4, 0.5) is 0 Å². The van der Waals surface area contributed by atoms with Crippen LogP contribution < -0.4 is 0 Å². The monoisotopic (exact) mass is 346 g/mol. The first-order chi connectivity index (χ1) is 10.3. The summed E-state index contributed by atoms with van der Waals surface area (Å²) >= 11 is 0. The molecule has 1 N–H and O–H groups in total. The van der Waals surface area contributed by atoms with E-state index in [9.17, 15) is 9.90 Å². The van der Waals surface area contributed by atoms with E-state index in [-0.39, 0.29) is 10.8 Å². The molecule has 2 aliphatic heterocycles. The average molecular weight is 346 g/mol. The summed E-state index contributed by atoms with van der Waals surface area (Å²) < 4.78 is 23.4. The van der Waals surface area contributed by atoms with Crippen LogP contribution in [0.5, 0.6) is 0 Å². The lowest BCUT2D eigenvalue weighted by Crippen LogP contribution is -2.52. The number of rotatable bonds is 4. The Hall–Kier alpha value is -0.313. The predicted octanol–water partition coefficient (Wildman–Crippen LogP) is 2.20. The number of aliphatic hydroxyl groups is 1. The molecule has 0 aromatic rings. The summed E-state index contributed by atoms with van der Waals surface area (Å²) in [6, 6.07) is 0. The third kappa shape index (κ3) is 3.70. The molecular formula is C16H30O6Si. The topological polar surface area (TPSA) is 74.2 Å². The standard InChI is InChI=1S/C16H30O6Si/c1-9(17)11(22-23(7,8)15(2,3)4)12-10(18)13-14(19-12)21-16(5,6)20-13/h10-14,18H,1-8H3/t10-,11-,12-,13-,14-/m1/s1. The number of carbonyl (C=O) groups is 1. The molecule has 0 spiro atoms. The van der Waals surface area contributed by atoms with Gasteiger partial charge in [0.15, 0.2) is 26.2 Å². The van der Waals surface area contributed by atoms with Crippen molar-refractivity contribution in [2.45, 2.75) is 96.2 Å². The number of ketones is 1. The Morgan fingerprint density at radius 3 is 2.26 bits per heavy atom. The maximum absolute atomic E-state index is 12.2. The highest BCUT2D eigenvalue weighted by molar-refractivity contribution is 6.74. The molecule has 0 bridgehead atoms. The number of fused-ring (bicyclic) bond motifs is 1. The van der Waals surface area contributed by atoms with E-state index in [2.05, 4.69) is 33.9 Å². The smallest absolute Gasteiger partial charge is 0.193 e. The van der Waals surface area contributed by atoms with Gasteiger partial charge < -0.3 is 23.7 Å². The van der Waals surface area contributed by atoms with Gasteiger partial charge in [-0.3, -0.25) is 4.79 Å². The first kappa shape index (κ1) is 19.0. The molecule has 0 radical (unpaired) electrons. The molecule has 134 valence electrons. The third-order valence-electron chi connectivity index (χ3n) is 4.98. The molecule has 0 saturated carbocycles. The fourth-order valence-electron chi connectivity index (χ4n) is 2.64. The van der Waals surface area contributed by atoms with Crippen molar-refractivity contribution in [2.24, 2.45) is 0 Å². The highest BCUT2D eigenvalue weighted by Gasteiger charge is 2.57. The van der Waals surface area contributed by atoms with Crippen molar-refractivity contribution < 1.29 is 28.5 Å². The Labute approximate surface area is 139 Å². The molecule has 23 heavy (non-hydrogen) atoms. The summed E-state index contributed by atoms with van der Waals surface area (Å²) in [7, 11) is -2.19. The number of Topliss-reactive ketones (excluding diaryl/α,β-unsaturated/α-hetero) is 1. The van der Waals surface area contributed by atoms with Crippen LogP contribution in [0.15, 0.2) is 0 Å². The van der Waals surface area contributed by atoms with Gasteiger partial charge in [-0.1, -0.05) is 20.8 Å². The molecule has 2 heterocycles. The average Bonchev–Trinajstić information content (AvgIpc) is 2.79. The van der Waals surface area contributed by atoms with E-state index in [1.54, 1.807) is 13.8 Å². The van der Waals surface area contributed by atoms with E-state index >= 15 is 0 Å². The fourth-order valence-corrected chi connectivity index (χ4v) is 3.93. The zero-order chi connectivity index (χ0) is 17.8. The second-order valence-corrected chi connectivity index (χ2v) is 13.2. The largest absolute Gasteiger partial charge is 0.404 e. The van der Waals surface area contributed by atoms with Crippen LogP contribution in [0.3, 0.4) is 0 Å². The highest BCUT2D eigenvalue weighted by atomic mass is 28.4. The van der Waals surface area contributed by atoms with Gasteiger partial charge in [-0.25, -0.2) is 0 Å². The van der Waals surface area contributed by atoms with Crippen LogP contribution in [-0.4, -0.2) is 55.7 Å². The normalized spacial score (nSPS) is 35.2. The van der Waals surface area contributed by atoms with E-state index in [1.165, 1.54) is 6.92 Å². The molecule has 0 unspecified atom stereocenters. The Morgan fingerprint density at radius 1 is 1.26 bits per heavy atom. The quantitative estimate of drug-likeness (QED) is 0.787. The van der Waals surface area contributed by atoms with Crippen LogP contribution in [-0.2, 0) is 23.4 Å². The van der Waals surface area contributed by atoms with Crippen molar-refractivity contribution in [3.63, 3.8) is 0 Å². The lowest BCUT2D eigenvalue weighted by Gasteiger charge is -2.40. The van der Waals surface area contributed by atoms with Gasteiger partial charge in [0, 0.05) is 0 Å². The summed E-state index contributed by atoms with van der Waals surface area (Å²) in [5.41, 5.74) is 0. The molecule has 5 atom stereocenters. The first-order valence-electron chi connectivity index (χ1n) is 8.13. The number of hydrogen-bond acceptors (Lipinski definition) is 6. The Kier molecular flexibility index (Phi) is 4.87. The first-order valence-corrected chi connectivity index (χ1v) is 11.0. The maximum atomic E-state index is 12.2. The van der Waals surface area contributed by atoms with Crippen molar-refractivity contribution in [3.05, 3.63) is 0 Å². The molecule has 2 rings (SSSR count). The summed E-state index contributed by atoms with van der Waals surface area (Å²) in [5.74, 6) is -0.953. The minimum absolute atomic E-state index is 0.0465. The Balaban J connectivity index is 2.17. The van der Waals surface area contributed by atoms with Crippen LogP contribution in [0.25, 0.3) is 0 Å².